The summed E-state index contributed by atoms with van der Waals surface area (Å²) in [6.07, 6.45) is 3.02. The van der Waals surface area contributed by atoms with Crippen LogP contribution >= 0.6 is 24.0 Å². The van der Waals surface area contributed by atoms with Gasteiger partial charge < -0.3 is 20.1 Å². The van der Waals surface area contributed by atoms with E-state index in [0.29, 0.717) is 45.4 Å². The molecule has 1 aromatic rings. The van der Waals surface area contributed by atoms with E-state index in [1.807, 2.05) is 39.0 Å². The summed E-state index contributed by atoms with van der Waals surface area (Å²) in [5.74, 6) is 1.48. The van der Waals surface area contributed by atoms with Gasteiger partial charge in [0, 0.05) is 37.8 Å². The van der Waals surface area contributed by atoms with Crippen LogP contribution in [0, 0.1) is 6.92 Å². The predicted octanol–water partition coefficient (Wildman–Crippen LogP) is 2.51. The van der Waals surface area contributed by atoms with Crippen LogP contribution in [0.25, 0.3) is 0 Å². The van der Waals surface area contributed by atoms with Crippen molar-refractivity contribution in [1.82, 2.24) is 14.9 Å². The molecule has 31 heavy (non-hydrogen) atoms. The van der Waals surface area contributed by atoms with Gasteiger partial charge in [0.25, 0.3) is 0 Å². The highest BCUT2D eigenvalue weighted by atomic mass is 127. The summed E-state index contributed by atoms with van der Waals surface area (Å²) >= 11 is 0. The summed E-state index contributed by atoms with van der Waals surface area (Å²) in [5.41, 5.74) is 2.12. The lowest BCUT2D eigenvalue weighted by molar-refractivity contribution is 0.110. The Bertz CT molecular complexity index is 805. The molecular weight excluding hydrogens is 531 g/mol. The van der Waals surface area contributed by atoms with Crippen LogP contribution in [0.15, 0.2) is 23.2 Å². The van der Waals surface area contributed by atoms with Crippen molar-refractivity contribution in [1.29, 1.82) is 0 Å². The molecule has 178 valence electrons. The minimum Gasteiger partial charge on any atom is -0.491 e. The lowest BCUT2D eigenvalue weighted by Gasteiger charge is -2.23. The third-order valence-electron chi connectivity index (χ3n) is 4.92. The topological polar surface area (TPSA) is 92.3 Å². The predicted molar refractivity (Wildman–Crippen MR) is 136 cm³/mol. The van der Waals surface area contributed by atoms with Crippen LogP contribution in [0.4, 0.5) is 0 Å². The molecule has 2 rings (SSSR count). The third kappa shape index (κ3) is 9.50. The van der Waals surface area contributed by atoms with E-state index >= 15 is 0 Å². The van der Waals surface area contributed by atoms with Crippen molar-refractivity contribution >= 4 is 40.0 Å². The van der Waals surface area contributed by atoms with Gasteiger partial charge in [-0.3, -0.25) is 0 Å². The Balaban J connectivity index is 0.00000480. The summed E-state index contributed by atoms with van der Waals surface area (Å²) in [6.45, 7) is 10.0. The molecule has 1 aliphatic heterocycles. The van der Waals surface area contributed by atoms with Gasteiger partial charge in [-0.2, -0.15) is 4.31 Å². The number of halogens is 1. The van der Waals surface area contributed by atoms with E-state index in [1.54, 1.807) is 4.31 Å². The number of nitrogens with zero attached hydrogens (tertiary/aromatic N) is 2. The first-order valence-corrected chi connectivity index (χ1v) is 12.5. The Morgan fingerprint density at radius 2 is 2.03 bits per heavy atom. The Morgan fingerprint density at radius 3 is 2.71 bits per heavy atom. The van der Waals surface area contributed by atoms with Crippen molar-refractivity contribution in [2.75, 3.05) is 45.7 Å². The molecule has 0 unspecified atom stereocenters. The molecule has 0 aliphatic carbocycles. The van der Waals surface area contributed by atoms with Crippen molar-refractivity contribution in [2.45, 2.75) is 46.2 Å². The molecule has 1 atom stereocenters. The number of hydrogen-bond acceptors (Lipinski definition) is 5. The van der Waals surface area contributed by atoms with E-state index in [0.717, 1.165) is 36.3 Å². The molecule has 8 nitrogen and oxygen atoms in total. The number of nitrogens with one attached hydrogen (secondary N) is 2. The molecule has 1 fully saturated rings. The summed E-state index contributed by atoms with van der Waals surface area (Å²) in [6, 6.07) is 6.05. The number of aryl methyl sites for hydroxylation is 1. The standard InChI is InChI=1S/C21H36N4O4S.HI/c1-5-22-21(24-16-19-8-7-11-25(19)30(4,26)27)23-15-18-10-9-17(3)14-20(18)29-13-12-28-6-2;/h9-10,14,19H,5-8,11-13,15-16H2,1-4H3,(H2,22,23,24);1H/t19-;/m1./s1. The Labute approximate surface area is 204 Å². The molecular formula is C21H37IN4O4S. The van der Waals surface area contributed by atoms with E-state index in [1.165, 1.54) is 6.26 Å². The summed E-state index contributed by atoms with van der Waals surface area (Å²) in [7, 11) is -3.18. The minimum absolute atomic E-state index is 0. The normalized spacial score (nSPS) is 17.3. The number of aliphatic imine (C=N–C) groups is 1. The number of benzene rings is 1. The smallest absolute Gasteiger partial charge is 0.211 e. The number of rotatable bonds is 11. The van der Waals surface area contributed by atoms with Crippen LogP contribution in [0.3, 0.4) is 0 Å². The highest BCUT2D eigenvalue weighted by molar-refractivity contribution is 14.0. The van der Waals surface area contributed by atoms with Gasteiger partial charge >= 0.3 is 0 Å². The maximum atomic E-state index is 11.9. The fourth-order valence-electron chi connectivity index (χ4n) is 3.45. The Kier molecular flexibility index (Phi) is 12.7. The average Bonchev–Trinajstić information content (AvgIpc) is 3.18. The highest BCUT2D eigenvalue weighted by Crippen LogP contribution is 2.22. The first kappa shape index (κ1) is 27.9. The number of sulfonamides is 1. The molecule has 0 bridgehead atoms. The summed E-state index contributed by atoms with van der Waals surface area (Å²) in [4.78, 5) is 4.68. The largest absolute Gasteiger partial charge is 0.491 e. The van der Waals surface area contributed by atoms with Gasteiger partial charge in [-0.15, -0.1) is 24.0 Å². The second-order valence-corrected chi connectivity index (χ2v) is 9.34. The van der Waals surface area contributed by atoms with E-state index in [2.05, 4.69) is 15.6 Å². The number of ether oxygens (including phenoxy) is 2. The van der Waals surface area contributed by atoms with Gasteiger partial charge in [-0.05, 0) is 45.2 Å². The fraction of sp³-hybridized carbons (Fsp3) is 0.667. The summed E-state index contributed by atoms with van der Waals surface area (Å²) < 4.78 is 36.7. The van der Waals surface area contributed by atoms with E-state index in [4.69, 9.17) is 9.47 Å². The second-order valence-electron chi connectivity index (χ2n) is 7.40. The zero-order chi connectivity index (χ0) is 22.0. The van der Waals surface area contributed by atoms with Gasteiger partial charge in [-0.1, -0.05) is 12.1 Å². The zero-order valence-corrected chi connectivity index (χ0v) is 22.2. The number of hydrogen-bond donors (Lipinski definition) is 2. The summed E-state index contributed by atoms with van der Waals surface area (Å²) in [5, 5.41) is 6.53. The SMILES string of the molecule is CCNC(=NCc1ccc(C)cc1OCCOCC)NC[C@H]1CCCN1S(C)(=O)=O.I. The maximum absolute atomic E-state index is 11.9. The first-order valence-electron chi connectivity index (χ1n) is 10.6. The van der Waals surface area contributed by atoms with Gasteiger partial charge in [-0.25, -0.2) is 13.4 Å². The van der Waals surface area contributed by atoms with Crippen molar-refractivity contribution < 1.29 is 17.9 Å². The highest BCUT2D eigenvalue weighted by Gasteiger charge is 2.31. The van der Waals surface area contributed by atoms with Crippen molar-refractivity contribution in [3.8, 4) is 5.75 Å². The molecule has 2 N–H and O–H groups in total. The fourth-order valence-corrected chi connectivity index (χ4v) is 4.63. The molecule has 0 saturated carbocycles. The van der Waals surface area contributed by atoms with E-state index < -0.39 is 10.0 Å². The van der Waals surface area contributed by atoms with Crippen LogP contribution in [0.5, 0.6) is 5.75 Å². The van der Waals surface area contributed by atoms with Gasteiger partial charge in [0.15, 0.2) is 5.96 Å². The molecule has 0 spiro atoms. The first-order chi connectivity index (χ1) is 14.3. The van der Waals surface area contributed by atoms with Crippen LogP contribution in [-0.4, -0.2) is 70.4 Å². The molecule has 1 saturated heterocycles. The van der Waals surface area contributed by atoms with Crippen LogP contribution in [-0.2, 0) is 21.3 Å². The quantitative estimate of drug-likeness (QED) is 0.185. The third-order valence-corrected chi connectivity index (χ3v) is 6.25. The number of guanidine groups is 1. The lowest BCUT2D eigenvalue weighted by atomic mass is 10.1. The maximum Gasteiger partial charge on any atom is 0.211 e. The average molecular weight is 569 g/mol. The molecule has 1 aliphatic rings. The minimum atomic E-state index is -3.18. The van der Waals surface area contributed by atoms with Gasteiger partial charge in [0.1, 0.15) is 12.4 Å². The van der Waals surface area contributed by atoms with Crippen LogP contribution in [0.2, 0.25) is 0 Å². The molecule has 0 radical (unpaired) electrons. The molecule has 0 aromatic heterocycles. The molecule has 1 heterocycles. The molecule has 0 amide bonds. The van der Waals surface area contributed by atoms with Crippen molar-refractivity contribution in [3.05, 3.63) is 29.3 Å². The van der Waals surface area contributed by atoms with E-state index in [-0.39, 0.29) is 30.0 Å². The second kappa shape index (κ2) is 14.1. The molecule has 1 aromatic carbocycles. The Hall–Kier alpha value is -1.11. The Morgan fingerprint density at radius 1 is 1.26 bits per heavy atom. The van der Waals surface area contributed by atoms with Crippen molar-refractivity contribution in [3.63, 3.8) is 0 Å². The monoisotopic (exact) mass is 568 g/mol. The lowest BCUT2D eigenvalue weighted by Crippen LogP contribution is -2.46. The van der Waals surface area contributed by atoms with Crippen LogP contribution < -0.4 is 15.4 Å². The van der Waals surface area contributed by atoms with Crippen LogP contribution in [0.1, 0.15) is 37.8 Å². The molecule has 10 heteroatoms. The zero-order valence-electron chi connectivity index (χ0n) is 19.0. The van der Waals surface area contributed by atoms with Gasteiger partial charge in [0.2, 0.25) is 10.0 Å². The van der Waals surface area contributed by atoms with E-state index in [9.17, 15) is 8.42 Å². The van der Waals surface area contributed by atoms with Crippen molar-refractivity contribution in [2.24, 2.45) is 4.99 Å². The van der Waals surface area contributed by atoms with Gasteiger partial charge in [0.05, 0.1) is 19.4 Å².